The molecule has 2 heterocycles. The maximum atomic E-state index is 11.4. The minimum Gasteiger partial charge on any atom is -0.497 e. The van der Waals surface area contributed by atoms with Crippen LogP contribution in [0.5, 0.6) is 5.75 Å². The Morgan fingerprint density at radius 1 is 1.35 bits per heavy atom. The number of ether oxygens (including phenoxy) is 1. The van der Waals surface area contributed by atoms with Gasteiger partial charge in [0.25, 0.3) is 5.56 Å². The van der Waals surface area contributed by atoms with E-state index in [0.717, 1.165) is 11.4 Å². The number of halogens is 1. The molecule has 118 valence electrons. The van der Waals surface area contributed by atoms with Crippen LogP contribution in [0.3, 0.4) is 0 Å². The molecule has 9 heteroatoms. The molecule has 0 amide bonds. The van der Waals surface area contributed by atoms with Gasteiger partial charge in [-0.15, -0.1) is 5.10 Å². The highest BCUT2D eigenvalue weighted by Crippen LogP contribution is 2.16. The number of hydrogen-bond acceptors (Lipinski definition) is 6. The molecular weight excluding hydrogens is 320 g/mol. The summed E-state index contributed by atoms with van der Waals surface area (Å²) < 4.78 is 6.76. The number of aromatic nitrogens is 5. The van der Waals surface area contributed by atoms with Crippen molar-refractivity contribution in [1.82, 2.24) is 25.2 Å². The molecule has 0 fully saturated rings. The van der Waals surface area contributed by atoms with Crippen molar-refractivity contribution in [3.63, 3.8) is 0 Å². The van der Waals surface area contributed by atoms with E-state index in [-0.39, 0.29) is 5.02 Å². The fourth-order valence-electron chi connectivity index (χ4n) is 1.93. The minimum absolute atomic E-state index is 0.0579. The van der Waals surface area contributed by atoms with E-state index in [2.05, 4.69) is 25.8 Å². The molecule has 2 aromatic heterocycles. The molecule has 8 nitrogen and oxygen atoms in total. The molecule has 0 radical (unpaired) electrons. The van der Waals surface area contributed by atoms with Gasteiger partial charge in [0.15, 0.2) is 0 Å². The first kappa shape index (κ1) is 15.0. The van der Waals surface area contributed by atoms with Crippen molar-refractivity contribution < 1.29 is 4.74 Å². The summed E-state index contributed by atoms with van der Waals surface area (Å²) in [6.07, 6.45) is 3.22. The Morgan fingerprint density at radius 3 is 2.87 bits per heavy atom. The maximum absolute atomic E-state index is 11.4. The summed E-state index contributed by atoms with van der Waals surface area (Å²) in [5.74, 6) is 0.771. The second kappa shape index (κ2) is 6.49. The van der Waals surface area contributed by atoms with Crippen LogP contribution in [0.25, 0.3) is 5.69 Å². The SMILES string of the molecule is COc1ccc(-n2cc(CNc3cn[nH]c(=O)c3Cl)nn2)cc1. The summed E-state index contributed by atoms with van der Waals surface area (Å²) in [6, 6.07) is 7.44. The topological polar surface area (TPSA) is 97.7 Å². The summed E-state index contributed by atoms with van der Waals surface area (Å²) in [7, 11) is 1.61. The monoisotopic (exact) mass is 332 g/mol. The number of hydrogen-bond donors (Lipinski definition) is 2. The van der Waals surface area contributed by atoms with Crippen molar-refractivity contribution >= 4 is 17.3 Å². The quantitative estimate of drug-likeness (QED) is 0.737. The van der Waals surface area contributed by atoms with Crippen LogP contribution in [0.4, 0.5) is 5.69 Å². The Balaban J connectivity index is 1.71. The lowest BCUT2D eigenvalue weighted by Crippen LogP contribution is -2.11. The smallest absolute Gasteiger partial charge is 0.285 e. The fourth-order valence-corrected chi connectivity index (χ4v) is 2.09. The molecule has 0 atom stereocenters. The van der Waals surface area contributed by atoms with E-state index in [4.69, 9.17) is 16.3 Å². The second-order valence-electron chi connectivity index (χ2n) is 4.63. The van der Waals surface area contributed by atoms with E-state index >= 15 is 0 Å². The summed E-state index contributed by atoms with van der Waals surface area (Å²) in [4.78, 5) is 11.4. The Hall–Kier alpha value is -2.87. The normalized spacial score (nSPS) is 10.5. The number of methoxy groups -OCH3 is 1. The van der Waals surface area contributed by atoms with Crippen molar-refractivity contribution in [2.24, 2.45) is 0 Å². The standard InChI is InChI=1S/C14H13ClN6O2/c1-23-11-4-2-10(3-5-11)21-8-9(18-20-21)6-16-12-7-17-19-14(22)13(12)15/h2-5,7-8H,6H2,1H3,(H2,16,19,22). The summed E-state index contributed by atoms with van der Waals surface area (Å²) in [6.45, 7) is 0.362. The minimum atomic E-state index is -0.446. The van der Waals surface area contributed by atoms with Gasteiger partial charge in [-0.05, 0) is 24.3 Å². The first-order valence-electron chi connectivity index (χ1n) is 6.70. The average molecular weight is 333 g/mol. The zero-order chi connectivity index (χ0) is 16.2. The number of nitrogens with zero attached hydrogens (tertiary/aromatic N) is 4. The molecule has 0 spiro atoms. The first-order valence-corrected chi connectivity index (χ1v) is 7.08. The molecule has 23 heavy (non-hydrogen) atoms. The van der Waals surface area contributed by atoms with E-state index in [1.807, 2.05) is 24.3 Å². The highest BCUT2D eigenvalue weighted by atomic mass is 35.5. The molecule has 0 bridgehead atoms. The van der Waals surface area contributed by atoms with Crippen molar-refractivity contribution in [3.05, 3.63) is 57.7 Å². The molecular formula is C14H13ClN6O2. The van der Waals surface area contributed by atoms with E-state index < -0.39 is 5.56 Å². The van der Waals surface area contributed by atoms with Gasteiger partial charge in [0.05, 0.1) is 37.4 Å². The molecule has 3 aromatic rings. The van der Waals surface area contributed by atoms with Crippen LogP contribution in [0.15, 0.2) is 41.5 Å². The van der Waals surface area contributed by atoms with E-state index in [0.29, 0.717) is 17.9 Å². The number of H-pyrrole nitrogens is 1. The second-order valence-corrected chi connectivity index (χ2v) is 5.01. The molecule has 0 aliphatic carbocycles. The largest absolute Gasteiger partial charge is 0.497 e. The van der Waals surface area contributed by atoms with Crippen molar-refractivity contribution in [2.75, 3.05) is 12.4 Å². The zero-order valence-corrected chi connectivity index (χ0v) is 12.9. The first-order chi connectivity index (χ1) is 11.2. The number of benzene rings is 1. The predicted octanol–water partition coefficient (Wildman–Crippen LogP) is 1.62. The predicted molar refractivity (Wildman–Crippen MR) is 85.1 cm³/mol. The van der Waals surface area contributed by atoms with Gasteiger partial charge in [0.2, 0.25) is 0 Å². The van der Waals surface area contributed by atoms with Gasteiger partial charge in [0, 0.05) is 0 Å². The van der Waals surface area contributed by atoms with Crippen molar-refractivity contribution in [1.29, 1.82) is 0 Å². The third kappa shape index (κ3) is 3.32. The zero-order valence-electron chi connectivity index (χ0n) is 12.2. The highest BCUT2D eigenvalue weighted by molar-refractivity contribution is 6.32. The summed E-state index contributed by atoms with van der Waals surface area (Å²) in [5, 5.41) is 17.1. The van der Waals surface area contributed by atoms with Gasteiger partial charge in [-0.2, -0.15) is 5.10 Å². The molecule has 0 aliphatic rings. The highest BCUT2D eigenvalue weighted by Gasteiger charge is 2.07. The van der Waals surface area contributed by atoms with Crippen LogP contribution in [0, 0.1) is 0 Å². The Morgan fingerprint density at radius 2 is 2.13 bits per heavy atom. The third-order valence-corrected chi connectivity index (χ3v) is 3.51. The van der Waals surface area contributed by atoms with Gasteiger partial charge < -0.3 is 10.1 Å². The molecule has 0 unspecified atom stereocenters. The third-order valence-electron chi connectivity index (χ3n) is 3.13. The van der Waals surface area contributed by atoms with Crippen LogP contribution in [0.1, 0.15) is 5.69 Å². The number of rotatable bonds is 5. The van der Waals surface area contributed by atoms with Crippen LogP contribution in [0.2, 0.25) is 5.02 Å². The van der Waals surface area contributed by atoms with Crippen LogP contribution >= 0.6 is 11.6 Å². The number of nitrogens with one attached hydrogen (secondary N) is 2. The number of anilines is 1. The van der Waals surface area contributed by atoms with E-state index in [1.54, 1.807) is 18.0 Å². The summed E-state index contributed by atoms with van der Waals surface area (Å²) >= 11 is 5.89. The Bertz CT molecular complexity index is 858. The van der Waals surface area contributed by atoms with Crippen LogP contribution in [-0.4, -0.2) is 32.3 Å². The van der Waals surface area contributed by atoms with Gasteiger partial charge in [-0.25, -0.2) is 9.78 Å². The van der Waals surface area contributed by atoms with E-state index in [9.17, 15) is 4.79 Å². The van der Waals surface area contributed by atoms with Gasteiger partial charge in [-0.1, -0.05) is 16.8 Å². The number of aromatic amines is 1. The van der Waals surface area contributed by atoms with Crippen molar-refractivity contribution in [2.45, 2.75) is 6.54 Å². The van der Waals surface area contributed by atoms with Gasteiger partial charge in [0.1, 0.15) is 16.5 Å². The Kier molecular flexibility index (Phi) is 4.24. The van der Waals surface area contributed by atoms with E-state index in [1.165, 1.54) is 6.20 Å². The molecule has 0 aliphatic heterocycles. The van der Waals surface area contributed by atoms with Gasteiger partial charge >= 0.3 is 0 Å². The Labute approximate surface area is 136 Å². The summed E-state index contributed by atoms with van der Waals surface area (Å²) in [5.41, 5.74) is 1.55. The van der Waals surface area contributed by atoms with Crippen LogP contribution in [-0.2, 0) is 6.54 Å². The molecule has 3 rings (SSSR count). The van der Waals surface area contributed by atoms with Crippen molar-refractivity contribution in [3.8, 4) is 11.4 Å². The molecule has 2 N–H and O–H groups in total. The molecule has 0 saturated heterocycles. The fraction of sp³-hybridized carbons (Fsp3) is 0.143. The lowest BCUT2D eigenvalue weighted by atomic mass is 10.3. The van der Waals surface area contributed by atoms with Crippen LogP contribution < -0.4 is 15.6 Å². The lowest BCUT2D eigenvalue weighted by molar-refractivity contribution is 0.414. The average Bonchev–Trinajstić information content (AvgIpc) is 3.05. The maximum Gasteiger partial charge on any atom is 0.285 e. The van der Waals surface area contributed by atoms with Gasteiger partial charge in [-0.3, -0.25) is 4.79 Å². The molecule has 1 aromatic carbocycles. The lowest BCUT2D eigenvalue weighted by Gasteiger charge is -2.04. The molecule has 0 saturated carbocycles.